The minimum atomic E-state index is -4.49. The minimum absolute atomic E-state index is 0.0857. The molecule has 1 rings (SSSR count). The van der Waals surface area contributed by atoms with E-state index in [-0.39, 0.29) is 5.69 Å². The van der Waals surface area contributed by atoms with Gasteiger partial charge in [-0.2, -0.15) is 13.2 Å². The van der Waals surface area contributed by atoms with Gasteiger partial charge in [0.05, 0.1) is 5.69 Å². The maximum atomic E-state index is 13.3. The van der Waals surface area contributed by atoms with Gasteiger partial charge in [0, 0.05) is 6.20 Å². The SMILES string of the molecule is Cc1ccnc([C@](C)(O[Si](C)(C)C)C(F)(F)F)c1. The summed E-state index contributed by atoms with van der Waals surface area (Å²) in [7, 11) is -2.36. The Labute approximate surface area is 106 Å². The smallest absolute Gasteiger partial charge is 0.399 e. The molecule has 0 amide bonds. The molecule has 0 spiro atoms. The average molecular weight is 277 g/mol. The second kappa shape index (κ2) is 4.66. The molecular formula is C12H18F3NOSi. The predicted octanol–water partition coefficient (Wildman–Crippen LogP) is 4.02. The summed E-state index contributed by atoms with van der Waals surface area (Å²) < 4.78 is 45.3. The standard InChI is InChI=1S/C12H18F3NOSi/c1-9-6-7-16-10(8-9)11(2,12(13,14)15)17-18(3,4)5/h6-8H,1-5H3/t11-/m0/s1. The molecule has 18 heavy (non-hydrogen) atoms. The van der Waals surface area contributed by atoms with Crippen molar-refractivity contribution in [2.24, 2.45) is 0 Å². The van der Waals surface area contributed by atoms with Crippen LogP contribution in [0.1, 0.15) is 18.2 Å². The summed E-state index contributed by atoms with van der Waals surface area (Å²) in [4.78, 5) is 3.84. The van der Waals surface area contributed by atoms with Crippen molar-refractivity contribution in [1.29, 1.82) is 0 Å². The molecule has 0 aromatic carbocycles. The molecule has 0 N–H and O–H groups in total. The summed E-state index contributed by atoms with van der Waals surface area (Å²) in [6.45, 7) is 7.97. The van der Waals surface area contributed by atoms with Gasteiger partial charge >= 0.3 is 6.18 Å². The van der Waals surface area contributed by atoms with Crippen LogP contribution in [-0.2, 0) is 10.0 Å². The van der Waals surface area contributed by atoms with Crippen molar-refractivity contribution >= 4 is 8.32 Å². The van der Waals surface area contributed by atoms with E-state index < -0.39 is 20.1 Å². The molecular weight excluding hydrogens is 259 g/mol. The fraction of sp³-hybridized carbons (Fsp3) is 0.583. The number of alkyl halides is 3. The van der Waals surface area contributed by atoms with E-state index >= 15 is 0 Å². The van der Waals surface area contributed by atoms with E-state index in [1.807, 2.05) is 0 Å². The molecule has 0 bridgehead atoms. The lowest BCUT2D eigenvalue weighted by molar-refractivity contribution is -0.252. The summed E-state index contributed by atoms with van der Waals surface area (Å²) in [6, 6.07) is 3.09. The Morgan fingerprint density at radius 3 is 2.17 bits per heavy atom. The van der Waals surface area contributed by atoms with Crippen LogP contribution in [0.3, 0.4) is 0 Å². The molecule has 0 aliphatic rings. The molecule has 2 nitrogen and oxygen atoms in total. The van der Waals surface area contributed by atoms with Crippen molar-refractivity contribution in [1.82, 2.24) is 4.98 Å². The number of halogens is 3. The highest BCUT2D eigenvalue weighted by atomic mass is 28.4. The highest BCUT2D eigenvalue weighted by Gasteiger charge is 2.56. The predicted molar refractivity (Wildman–Crippen MR) is 66.8 cm³/mol. The Morgan fingerprint density at radius 2 is 1.78 bits per heavy atom. The zero-order valence-electron chi connectivity index (χ0n) is 11.2. The zero-order chi connectivity index (χ0) is 14.2. The van der Waals surface area contributed by atoms with Crippen molar-refractivity contribution in [2.75, 3.05) is 0 Å². The lowest BCUT2D eigenvalue weighted by Crippen LogP contribution is -2.49. The van der Waals surface area contributed by atoms with Crippen molar-refractivity contribution in [3.8, 4) is 0 Å². The molecule has 6 heteroatoms. The van der Waals surface area contributed by atoms with Crippen LogP contribution in [0.15, 0.2) is 18.3 Å². The zero-order valence-corrected chi connectivity index (χ0v) is 12.2. The van der Waals surface area contributed by atoms with Crippen LogP contribution < -0.4 is 0 Å². The molecule has 0 saturated carbocycles. The highest BCUT2D eigenvalue weighted by molar-refractivity contribution is 6.69. The molecule has 0 saturated heterocycles. The molecule has 0 fully saturated rings. The van der Waals surface area contributed by atoms with Crippen molar-refractivity contribution in [2.45, 2.75) is 45.3 Å². The number of hydrogen-bond acceptors (Lipinski definition) is 2. The van der Waals surface area contributed by atoms with Crippen LogP contribution in [0.5, 0.6) is 0 Å². The Hall–Kier alpha value is -0.883. The molecule has 0 radical (unpaired) electrons. The Morgan fingerprint density at radius 1 is 1.22 bits per heavy atom. The molecule has 1 aromatic rings. The van der Waals surface area contributed by atoms with Crippen LogP contribution in [0.25, 0.3) is 0 Å². The third-order valence-electron chi connectivity index (χ3n) is 2.46. The van der Waals surface area contributed by atoms with Gasteiger partial charge in [-0.05, 0) is 51.2 Å². The number of aromatic nitrogens is 1. The van der Waals surface area contributed by atoms with E-state index in [4.69, 9.17) is 4.43 Å². The van der Waals surface area contributed by atoms with Gasteiger partial charge in [0.1, 0.15) is 0 Å². The van der Waals surface area contributed by atoms with E-state index in [0.717, 1.165) is 12.5 Å². The minimum Gasteiger partial charge on any atom is -0.399 e. The average Bonchev–Trinajstić information content (AvgIpc) is 2.13. The Kier molecular flexibility index (Phi) is 3.93. The maximum absolute atomic E-state index is 13.3. The van der Waals surface area contributed by atoms with Crippen LogP contribution in [-0.4, -0.2) is 19.5 Å². The van der Waals surface area contributed by atoms with Crippen LogP contribution in [0.4, 0.5) is 13.2 Å². The fourth-order valence-corrected chi connectivity index (χ4v) is 3.11. The van der Waals surface area contributed by atoms with Gasteiger partial charge in [0.15, 0.2) is 13.9 Å². The van der Waals surface area contributed by atoms with E-state index in [9.17, 15) is 13.2 Å². The first-order valence-corrected chi connectivity index (χ1v) is 9.06. The molecule has 1 atom stereocenters. The quantitative estimate of drug-likeness (QED) is 0.779. The van der Waals surface area contributed by atoms with Crippen molar-refractivity contribution in [3.63, 3.8) is 0 Å². The summed E-state index contributed by atoms with van der Waals surface area (Å²) in [5.41, 5.74) is -1.70. The molecule has 0 aliphatic carbocycles. The van der Waals surface area contributed by atoms with Gasteiger partial charge in [-0.15, -0.1) is 0 Å². The number of nitrogens with zero attached hydrogens (tertiary/aromatic N) is 1. The second-order valence-electron chi connectivity index (χ2n) is 5.46. The third-order valence-corrected chi connectivity index (χ3v) is 3.48. The van der Waals surface area contributed by atoms with E-state index in [1.54, 1.807) is 32.6 Å². The molecule has 1 aromatic heterocycles. The van der Waals surface area contributed by atoms with Crippen molar-refractivity contribution < 1.29 is 17.6 Å². The van der Waals surface area contributed by atoms with Gasteiger partial charge in [0.25, 0.3) is 0 Å². The van der Waals surface area contributed by atoms with E-state index in [2.05, 4.69) is 4.98 Å². The maximum Gasteiger partial charge on any atom is 0.421 e. The molecule has 0 aliphatic heterocycles. The number of aryl methyl sites for hydroxylation is 1. The van der Waals surface area contributed by atoms with Gasteiger partial charge < -0.3 is 4.43 Å². The first-order valence-electron chi connectivity index (χ1n) is 5.66. The Balaban J connectivity index is 3.30. The summed E-state index contributed by atoms with van der Waals surface area (Å²) in [5.74, 6) is 0. The van der Waals surface area contributed by atoms with Crippen LogP contribution in [0.2, 0.25) is 19.6 Å². The number of pyridine rings is 1. The van der Waals surface area contributed by atoms with Gasteiger partial charge in [0.2, 0.25) is 0 Å². The lowest BCUT2D eigenvalue weighted by Gasteiger charge is -2.37. The Bertz CT molecular complexity index is 428. The van der Waals surface area contributed by atoms with E-state index in [1.165, 1.54) is 12.3 Å². The van der Waals surface area contributed by atoms with Crippen LogP contribution >= 0.6 is 0 Å². The number of rotatable bonds is 3. The summed E-state index contributed by atoms with van der Waals surface area (Å²) >= 11 is 0. The molecule has 1 heterocycles. The molecule has 0 unspecified atom stereocenters. The van der Waals surface area contributed by atoms with Gasteiger partial charge in [-0.3, -0.25) is 4.98 Å². The van der Waals surface area contributed by atoms with Crippen molar-refractivity contribution in [3.05, 3.63) is 29.6 Å². The first kappa shape index (κ1) is 15.2. The lowest BCUT2D eigenvalue weighted by atomic mass is 10.00. The van der Waals surface area contributed by atoms with Crippen LogP contribution in [0, 0.1) is 6.92 Å². The van der Waals surface area contributed by atoms with Gasteiger partial charge in [-0.25, -0.2) is 0 Å². The summed E-state index contributed by atoms with van der Waals surface area (Å²) in [6.07, 6.45) is -3.11. The van der Waals surface area contributed by atoms with Gasteiger partial charge in [-0.1, -0.05) is 0 Å². The summed E-state index contributed by atoms with van der Waals surface area (Å²) in [5, 5.41) is 0. The molecule has 102 valence electrons. The number of hydrogen-bond donors (Lipinski definition) is 0. The second-order valence-corrected chi connectivity index (χ2v) is 9.89. The third kappa shape index (κ3) is 3.32. The monoisotopic (exact) mass is 277 g/mol. The largest absolute Gasteiger partial charge is 0.421 e. The highest BCUT2D eigenvalue weighted by Crippen LogP contribution is 2.43. The fourth-order valence-electron chi connectivity index (χ4n) is 1.66. The topological polar surface area (TPSA) is 22.1 Å². The normalized spacial score (nSPS) is 16.4. The van der Waals surface area contributed by atoms with E-state index in [0.29, 0.717) is 0 Å². The first-order chi connectivity index (χ1) is 7.96.